The monoisotopic (exact) mass is 412 g/mol. The molecule has 2 saturated heterocycles. The maximum atomic E-state index is 13.0. The van der Waals surface area contributed by atoms with Crippen molar-refractivity contribution in [2.75, 3.05) is 26.2 Å². The molecule has 0 saturated carbocycles. The molecule has 1 amide bonds. The van der Waals surface area contributed by atoms with Gasteiger partial charge in [-0.2, -0.15) is 4.31 Å². The lowest BCUT2D eigenvalue weighted by molar-refractivity contribution is -0.163. The van der Waals surface area contributed by atoms with Crippen LogP contribution in [0.1, 0.15) is 32.6 Å². The lowest BCUT2D eigenvalue weighted by atomic mass is 9.98. The summed E-state index contributed by atoms with van der Waals surface area (Å²) in [5.74, 6) is -1.58. The fourth-order valence-electron chi connectivity index (χ4n) is 3.60. The zero-order valence-corrected chi connectivity index (χ0v) is 16.7. The van der Waals surface area contributed by atoms with Gasteiger partial charge in [-0.3, -0.25) is 9.59 Å². The Bertz CT molecular complexity index is 813. The van der Waals surface area contributed by atoms with Crippen molar-refractivity contribution >= 4 is 21.9 Å². The first kappa shape index (κ1) is 20.7. The molecule has 7 nitrogen and oxygen atoms in total. The van der Waals surface area contributed by atoms with Crippen molar-refractivity contribution in [2.24, 2.45) is 5.92 Å². The summed E-state index contributed by atoms with van der Waals surface area (Å²) >= 11 is 0. The summed E-state index contributed by atoms with van der Waals surface area (Å²) in [6.45, 7) is 3.31. The first-order chi connectivity index (χ1) is 13.3. The average Bonchev–Trinajstić information content (AvgIpc) is 3.22. The minimum absolute atomic E-state index is 0.0276. The molecule has 1 atom stereocenters. The number of likely N-dealkylation sites (tertiary alicyclic amines) is 1. The first-order valence-corrected chi connectivity index (χ1v) is 11.0. The Balaban J connectivity index is 1.53. The van der Waals surface area contributed by atoms with Gasteiger partial charge in [-0.25, -0.2) is 12.8 Å². The van der Waals surface area contributed by atoms with E-state index in [-0.39, 0.29) is 23.9 Å². The van der Waals surface area contributed by atoms with Gasteiger partial charge in [-0.1, -0.05) is 0 Å². The Morgan fingerprint density at radius 1 is 1.07 bits per heavy atom. The number of amides is 1. The normalized spacial score (nSPS) is 20.1. The predicted molar refractivity (Wildman–Crippen MR) is 99.3 cm³/mol. The number of carbonyl (C=O) groups is 2. The number of piperidine rings is 1. The van der Waals surface area contributed by atoms with Crippen LogP contribution < -0.4 is 0 Å². The number of halogens is 1. The molecule has 0 N–H and O–H groups in total. The van der Waals surface area contributed by atoms with Crippen molar-refractivity contribution in [1.29, 1.82) is 0 Å². The highest BCUT2D eigenvalue weighted by atomic mass is 32.2. The van der Waals surface area contributed by atoms with Crippen LogP contribution in [-0.4, -0.2) is 61.8 Å². The van der Waals surface area contributed by atoms with E-state index >= 15 is 0 Å². The van der Waals surface area contributed by atoms with Crippen LogP contribution in [0.15, 0.2) is 29.2 Å². The number of hydrogen-bond donors (Lipinski definition) is 0. The summed E-state index contributed by atoms with van der Waals surface area (Å²) in [4.78, 5) is 26.4. The topological polar surface area (TPSA) is 84.0 Å². The van der Waals surface area contributed by atoms with E-state index in [2.05, 4.69) is 0 Å². The van der Waals surface area contributed by atoms with Crippen LogP contribution in [0.5, 0.6) is 0 Å². The number of carbonyl (C=O) groups excluding carboxylic acids is 2. The van der Waals surface area contributed by atoms with Gasteiger partial charge < -0.3 is 9.64 Å². The number of rotatable bonds is 5. The molecule has 2 aliphatic heterocycles. The summed E-state index contributed by atoms with van der Waals surface area (Å²) in [6.07, 6.45) is 1.75. The van der Waals surface area contributed by atoms with Crippen LogP contribution in [0, 0.1) is 11.7 Å². The van der Waals surface area contributed by atoms with E-state index in [0.717, 1.165) is 25.0 Å². The van der Waals surface area contributed by atoms with E-state index in [4.69, 9.17) is 4.74 Å². The molecule has 0 bridgehead atoms. The molecular weight excluding hydrogens is 387 g/mol. The lowest BCUT2D eigenvalue weighted by Gasteiger charge is -2.31. The Labute approximate surface area is 164 Å². The zero-order valence-electron chi connectivity index (χ0n) is 15.8. The van der Waals surface area contributed by atoms with Crippen LogP contribution >= 0.6 is 0 Å². The van der Waals surface area contributed by atoms with Crippen LogP contribution in [0.4, 0.5) is 4.39 Å². The molecule has 2 heterocycles. The van der Waals surface area contributed by atoms with E-state index in [9.17, 15) is 22.4 Å². The number of nitrogens with zero attached hydrogens (tertiary/aromatic N) is 2. The summed E-state index contributed by atoms with van der Waals surface area (Å²) < 4.78 is 44.9. The fourth-order valence-corrected chi connectivity index (χ4v) is 5.07. The van der Waals surface area contributed by atoms with Crippen LogP contribution in [0.2, 0.25) is 0 Å². The number of sulfonamides is 1. The van der Waals surface area contributed by atoms with Gasteiger partial charge in [-0.15, -0.1) is 0 Å². The third kappa shape index (κ3) is 4.52. The Morgan fingerprint density at radius 2 is 1.64 bits per heavy atom. The number of benzene rings is 1. The number of ether oxygens (including phenoxy) is 1. The summed E-state index contributed by atoms with van der Waals surface area (Å²) in [7, 11) is -3.72. The fraction of sp³-hybridized carbons (Fsp3) is 0.579. The molecule has 2 aliphatic rings. The van der Waals surface area contributed by atoms with Crippen molar-refractivity contribution in [3.05, 3.63) is 30.1 Å². The van der Waals surface area contributed by atoms with Gasteiger partial charge in [0.05, 0.1) is 10.8 Å². The van der Waals surface area contributed by atoms with Crippen molar-refractivity contribution in [2.45, 2.75) is 43.6 Å². The Morgan fingerprint density at radius 3 is 2.21 bits per heavy atom. The molecule has 154 valence electrons. The highest BCUT2D eigenvalue weighted by Crippen LogP contribution is 2.25. The van der Waals surface area contributed by atoms with Gasteiger partial charge >= 0.3 is 5.97 Å². The second-order valence-corrected chi connectivity index (χ2v) is 9.18. The minimum Gasteiger partial charge on any atom is -0.452 e. The molecule has 0 aliphatic carbocycles. The van der Waals surface area contributed by atoms with Gasteiger partial charge in [0.2, 0.25) is 10.0 Å². The summed E-state index contributed by atoms with van der Waals surface area (Å²) in [6, 6.07) is 4.68. The van der Waals surface area contributed by atoms with E-state index in [1.54, 1.807) is 11.8 Å². The SMILES string of the molecule is C[C@H](OC(=O)C1CCN(S(=O)(=O)c2ccc(F)cc2)CC1)C(=O)N1CCCC1. The van der Waals surface area contributed by atoms with Gasteiger partial charge in [0.1, 0.15) is 5.82 Å². The maximum Gasteiger partial charge on any atom is 0.309 e. The molecule has 3 rings (SSSR count). The van der Waals surface area contributed by atoms with Crippen LogP contribution in [0.25, 0.3) is 0 Å². The van der Waals surface area contributed by atoms with Gasteiger partial charge in [0.25, 0.3) is 5.91 Å². The van der Waals surface area contributed by atoms with E-state index in [0.29, 0.717) is 25.9 Å². The predicted octanol–water partition coefficient (Wildman–Crippen LogP) is 1.78. The van der Waals surface area contributed by atoms with E-state index < -0.39 is 33.8 Å². The Hall–Kier alpha value is -2.00. The molecular formula is C19H25FN2O5S. The summed E-state index contributed by atoms with van der Waals surface area (Å²) in [5, 5.41) is 0. The molecule has 9 heteroatoms. The second kappa shape index (κ2) is 8.57. The highest BCUT2D eigenvalue weighted by Gasteiger charge is 2.34. The quantitative estimate of drug-likeness (QED) is 0.689. The van der Waals surface area contributed by atoms with Gasteiger partial charge in [-0.05, 0) is 56.9 Å². The minimum atomic E-state index is -3.72. The summed E-state index contributed by atoms with van der Waals surface area (Å²) in [5.41, 5.74) is 0. The molecule has 1 aromatic carbocycles. The first-order valence-electron chi connectivity index (χ1n) is 9.54. The van der Waals surface area contributed by atoms with Gasteiger partial charge in [0.15, 0.2) is 6.10 Å². The van der Waals surface area contributed by atoms with Crippen LogP contribution in [0.3, 0.4) is 0 Å². The third-order valence-electron chi connectivity index (χ3n) is 5.30. The molecule has 0 aromatic heterocycles. The molecule has 0 unspecified atom stereocenters. The molecule has 2 fully saturated rings. The number of esters is 1. The molecule has 1 aromatic rings. The van der Waals surface area contributed by atoms with Gasteiger partial charge in [0, 0.05) is 26.2 Å². The average molecular weight is 412 g/mol. The largest absolute Gasteiger partial charge is 0.452 e. The second-order valence-electron chi connectivity index (χ2n) is 7.24. The maximum absolute atomic E-state index is 13.0. The smallest absolute Gasteiger partial charge is 0.309 e. The molecule has 0 spiro atoms. The lowest BCUT2D eigenvalue weighted by Crippen LogP contribution is -2.43. The van der Waals surface area contributed by atoms with Crippen molar-refractivity contribution < 1.29 is 27.1 Å². The van der Waals surface area contributed by atoms with E-state index in [1.165, 1.54) is 16.4 Å². The zero-order chi connectivity index (χ0) is 20.3. The third-order valence-corrected chi connectivity index (χ3v) is 7.21. The Kier molecular flexibility index (Phi) is 6.34. The molecule has 28 heavy (non-hydrogen) atoms. The standard InChI is InChI=1S/C19H25FN2O5S/c1-14(18(23)21-10-2-3-11-21)27-19(24)15-8-12-22(13-9-15)28(25,26)17-6-4-16(20)5-7-17/h4-7,14-15H,2-3,8-13H2,1H3/t14-/m0/s1. The number of hydrogen-bond acceptors (Lipinski definition) is 5. The van der Waals surface area contributed by atoms with Crippen LogP contribution in [-0.2, 0) is 24.3 Å². The highest BCUT2D eigenvalue weighted by molar-refractivity contribution is 7.89. The van der Waals surface area contributed by atoms with Crippen molar-refractivity contribution in [3.8, 4) is 0 Å². The molecule has 0 radical (unpaired) electrons. The van der Waals surface area contributed by atoms with E-state index in [1.807, 2.05) is 0 Å². The van der Waals surface area contributed by atoms with Crippen molar-refractivity contribution in [1.82, 2.24) is 9.21 Å². The van der Waals surface area contributed by atoms with Crippen molar-refractivity contribution in [3.63, 3.8) is 0 Å².